The van der Waals surface area contributed by atoms with Gasteiger partial charge in [-0.1, -0.05) is 26.0 Å². The highest BCUT2D eigenvalue weighted by molar-refractivity contribution is 7.09. The first-order chi connectivity index (χ1) is 9.90. The van der Waals surface area contributed by atoms with Crippen LogP contribution in [0.4, 0.5) is 0 Å². The monoisotopic (exact) mass is 305 g/mol. The van der Waals surface area contributed by atoms with Crippen molar-refractivity contribution in [2.45, 2.75) is 32.1 Å². The number of carbonyl (C=O) groups is 1. The Hall–Kier alpha value is -1.88. The van der Waals surface area contributed by atoms with Gasteiger partial charge in [0.25, 0.3) is 0 Å². The molecule has 1 aromatic carbocycles. The third-order valence-corrected chi connectivity index (χ3v) is 4.50. The van der Waals surface area contributed by atoms with E-state index in [1.807, 2.05) is 23.6 Å². The SMILES string of the molecule is COc1cccc(CC(C)(C)c2nc(CC(=O)O)cs2)c1. The largest absolute Gasteiger partial charge is 0.497 e. The molecule has 1 heterocycles. The molecule has 0 atom stereocenters. The van der Waals surface area contributed by atoms with Gasteiger partial charge in [0.05, 0.1) is 24.2 Å². The topological polar surface area (TPSA) is 59.4 Å². The van der Waals surface area contributed by atoms with Crippen LogP contribution in [0.1, 0.15) is 30.1 Å². The van der Waals surface area contributed by atoms with Gasteiger partial charge in [-0.15, -0.1) is 11.3 Å². The third kappa shape index (κ3) is 4.04. The van der Waals surface area contributed by atoms with Crippen molar-refractivity contribution >= 4 is 17.3 Å². The Morgan fingerprint density at radius 3 is 2.86 bits per heavy atom. The number of benzene rings is 1. The van der Waals surface area contributed by atoms with Gasteiger partial charge in [0.1, 0.15) is 5.75 Å². The quantitative estimate of drug-likeness (QED) is 0.889. The molecule has 1 aromatic heterocycles. The van der Waals surface area contributed by atoms with Crippen molar-refractivity contribution < 1.29 is 14.6 Å². The average Bonchev–Trinajstić information content (AvgIpc) is 2.87. The van der Waals surface area contributed by atoms with E-state index >= 15 is 0 Å². The molecular weight excluding hydrogens is 286 g/mol. The summed E-state index contributed by atoms with van der Waals surface area (Å²) in [5.74, 6) is -0.00791. The summed E-state index contributed by atoms with van der Waals surface area (Å²) in [6.07, 6.45) is 0.802. The smallest absolute Gasteiger partial charge is 0.309 e. The van der Waals surface area contributed by atoms with Gasteiger partial charge in [0.15, 0.2) is 0 Å². The summed E-state index contributed by atoms with van der Waals surface area (Å²) in [5, 5.41) is 11.6. The number of nitrogens with zero attached hydrogens (tertiary/aromatic N) is 1. The Labute approximate surface area is 128 Å². The number of hydrogen-bond acceptors (Lipinski definition) is 4. The van der Waals surface area contributed by atoms with E-state index in [2.05, 4.69) is 24.9 Å². The van der Waals surface area contributed by atoms with Gasteiger partial charge in [-0.2, -0.15) is 0 Å². The predicted molar refractivity (Wildman–Crippen MR) is 83.2 cm³/mol. The molecule has 5 heteroatoms. The lowest BCUT2D eigenvalue weighted by Gasteiger charge is -2.22. The average molecular weight is 305 g/mol. The van der Waals surface area contributed by atoms with E-state index in [1.165, 1.54) is 16.9 Å². The van der Waals surface area contributed by atoms with E-state index in [-0.39, 0.29) is 11.8 Å². The van der Waals surface area contributed by atoms with Crippen LogP contribution in [0, 0.1) is 0 Å². The predicted octanol–water partition coefficient (Wildman–Crippen LogP) is 3.30. The molecule has 0 unspecified atom stereocenters. The summed E-state index contributed by atoms with van der Waals surface area (Å²) in [6.45, 7) is 4.24. The first kappa shape index (κ1) is 15.5. The van der Waals surface area contributed by atoms with Gasteiger partial charge >= 0.3 is 5.97 Å². The van der Waals surface area contributed by atoms with Crippen molar-refractivity contribution in [1.82, 2.24) is 4.98 Å². The molecule has 0 saturated heterocycles. The number of hydrogen-bond donors (Lipinski definition) is 1. The lowest BCUT2D eigenvalue weighted by molar-refractivity contribution is -0.136. The Kier molecular flexibility index (Phi) is 4.63. The van der Waals surface area contributed by atoms with Crippen molar-refractivity contribution in [1.29, 1.82) is 0 Å². The van der Waals surface area contributed by atoms with Crippen molar-refractivity contribution in [3.05, 3.63) is 45.9 Å². The van der Waals surface area contributed by atoms with E-state index < -0.39 is 5.97 Å². The maximum absolute atomic E-state index is 10.7. The summed E-state index contributed by atoms with van der Waals surface area (Å²) in [4.78, 5) is 15.2. The molecule has 0 amide bonds. The Balaban J connectivity index is 2.16. The van der Waals surface area contributed by atoms with Gasteiger partial charge < -0.3 is 9.84 Å². The molecule has 0 spiro atoms. The molecule has 2 rings (SSSR count). The number of carboxylic acid groups (broad SMARTS) is 1. The summed E-state index contributed by atoms with van der Waals surface area (Å²) < 4.78 is 5.24. The van der Waals surface area contributed by atoms with Crippen molar-refractivity contribution in [3.8, 4) is 5.75 Å². The Morgan fingerprint density at radius 2 is 2.19 bits per heavy atom. The molecule has 0 aliphatic carbocycles. The maximum Gasteiger partial charge on any atom is 0.309 e. The van der Waals surface area contributed by atoms with E-state index in [0.29, 0.717) is 5.69 Å². The number of aromatic nitrogens is 1. The fourth-order valence-electron chi connectivity index (χ4n) is 2.22. The van der Waals surface area contributed by atoms with Gasteiger partial charge in [-0.3, -0.25) is 4.79 Å². The van der Waals surface area contributed by atoms with E-state index in [1.54, 1.807) is 7.11 Å². The number of rotatable bonds is 6. The van der Waals surface area contributed by atoms with E-state index in [0.717, 1.165) is 17.2 Å². The fraction of sp³-hybridized carbons (Fsp3) is 0.375. The number of aliphatic carboxylic acids is 1. The molecule has 0 aliphatic rings. The molecule has 112 valence electrons. The van der Waals surface area contributed by atoms with Gasteiger partial charge in [-0.25, -0.2) is 4.98 Å². The van der Waals surface area contributed by atoms with Crippen molar-refractivity contribution in [3.63, 3.8) is 0 Å². The van der Waals surface area contributed by atoms with Crippen LogP contribution in [-0.2, 0) is 23.1 Å². The van der Waals surface area contributed by atoms with Crippen LogP contribution in [0.3, 0.4) is 0 Å². The minimum absolute atomic E-state index is 0.0221. The minimum Gasteiger partial charge on any atom is -0.497 e. The lowest BCUT2D eigenvalue weighted by Crippen LogP contribution is -2.20. The number of thiazole rings is 1. The molecule has 4 nitrogen and oxygen atoms in total. The highest BCUT2D eigenvalue weighted by atomic mass is 32.1. The summed E-state index contributed by atoms with van der Waals surface area (Å²) in [5.41, 5.74) is 1.66. The molecular formula is C16H19NO3S. The second-order valence-electron chi connectivity index (χ2n) is 5.63. The zero-order valence-electron chi connectivity index (χ0n) is 12.4. The van der Waals surface area contributed by atoms with E-state index in [4.69, 9.17) is 9.84 Å². The van der Waals surface area contributed by atoms with Gasteiger partial charge in [-0.05, 0) is 24.1 Å². The third-order valence-electron chi connectivity index (χ3n) is 3.24. The molecule has 0 bridgehead atoms. The molecule has 21 heavy (non-hydrogen) atoms. The molecule has 0 radical (unpaired) electrons. The number of carboxylic acids is 1. The molecule has 0 saturated carbocycles. The lowest BCUT2D eigenvalue weighted by atomic mass is 9.86. The minimum atomic E-state index is -0.850. The van der Waals surface area contributed by atoms with Crippen LogP contribution in [0.2, 0.25) is 0 Å². The van der Waals surface area contributed by atoms with Crippen molar-refractivity contribution in [2.75, 3.05) is 7.11 Å². The Bertz CT molecular complexity index is 634. The van der Waals surface area contributed by atoms with Crippen molar-refractivity contribution in [2.24, 2.45) is 0 Å². The second kappa shape index (κ2) is 6.26. The van der Waals surface area contributed by atoms with E-state index in [9.17, 15) is 4.79 Å². The van der Waals surface area contributed by atoms with Crippen LogP contribution in [0.25, 0.3) is 0 Å². The summed E-state index contributed by atoms with van der Waals surface area (Å²) in [7, 11) is 1.66. The first-order valence-corrected chi connectivity index (χ1v) is 7.58. The first-order valence-electron chi connectivity index (χ1n) is 6.70. The number of ether oxygens (including phenoxy) is 1. The zero-order valence-corrected chi connectivity index (χ0v) is 13.2. The van der Waals surface area contributed by atoms with Crippen LogP contribution < -0.4 is 4.74 Å². The molecule has 2 aromatic rings. The Morgan fingerprint density at radius 1 is 1.43 bits per heavy atom. The normalized spacial score (nSPS) is 11.4. The number of methoxy groups -OCH3 is 1. The van der Waals surface area contributed by atoms with Gasteiger partial charge in [0, 0.05) is 10.8 Å². The van der Waals surface area contributed by atoms with Crippen LogP contribution >= 0.6 is 11.3 Å². The second-order valence-corrected chi connectivity index (χ2v) is 6.48. The molecule has 1 N–H and O–H groups in total. The molecule has 0 aliphatic heterocycles. The maximum atomic E-state index is 10.7. The highest BCUT2D eigenvalue weighted by Gasteiger charge is 2.25. The molecule has 0 fully saturated rings. The van der Waals surface area contributed by atoms with Crippen LogP contribution in [-0.4, -0.2) is 23.2 Å². The highest BCUT2D eigenvalue weighted by Crippen LogP contribution is 2.31. The van der Waals surface area contributed by atoms with Crippen LogP contribution in [0.5, 0.6) is 5.75 Å². The standard InChI is InChI=1S/C16H19NO3S/c1-16(2,9-11-5-4-6-13(7-11)20-3)15-17-12(10-21-15)8-14(18)19/h4-7,10H,8-9H2,1-3H3,(H,18,19). The summed E-state index contributed by atoms with van der Waals surface area (Å²) in [6, 6.07) is 7.98. The fourth-order valence-corrected chi connectivity index (χ4v) is 3.17. The summed E-state index contributed by atoms with van der Waals surface area (Å²) >= 11 is 1.52. The van der Waals surface area contributed by atoms with Crippen LogP contribution in [0.15, 0.2) is 29.6 Å². The zero-order chi connectivity index (χ0) is 15.5. The van der Waals surface area contributed by atoms with Gasteiger partial charge in [0.2, 0.25) is 0 Å².